The number of aromatic nitrogens is 7. The molecule has 5 rings (SSSR count). The minimum Gasteiger partial charge on any atom is -0.337 e. The standard InChI is InChI=1S/C26H24N10O/c1-3-19(15-5-7-29-8-6-15)23-21(11-27)36(28)26(33-23)24-20-10-17(13-31-25(20)35-34-24)16-9-18(14-30-12-16)32-22(37)4-2/h3,5-14,27H,4,28H2,1-2H3,(H,32,37)(H,31,34,35)/b19-3-,27-11?. The van der Waals surface area contributed by atoms with E-state index in [9.17, 15) is 4.79 Å². The van der Waals surface area contributed by atoms with Crippen LogP contribution in [0, 0.1) is 5.41 Å². The second-order valence-corrected chi connectivity index (χ2v) is 8.18. The fourth-order valence-electron chi connectivity index (χ4n) is 4.07. The summed E-state index contributed by atoms with van der Waals surface area (Å²) in [6, 6.07) is 7.51. The molecule has 11 nitrogen and oxygen atoms in total. The Morgan fingerprint density at radius 2 is 1.95 bits per heavy atom. The van der Waals surface area contributed by atoms with Crippen molar-refractivity contribution in [3.05, 3.63) is 78.3 Å². The number of pyridine rings is 3. The number of rotatable bonds is 7. The highest BCUT2D eigenvalue weighted by atomic mass is 16.1. The molecule has 11 heteroatoms. The highest BCUT2D eigenvalue weighted by Crippen LogP contribution is 2.32. The fraction of sp³-hybridized carbons (Fsp3) is 0.115. The summed E-state index contributed by atoms with van der Waals surface area (Å²) in [5.74, 6) is 6.73. The number of H-pyrrole nitrogens is 1. The predicted octanol–water partition coefficient (Wildman–Crippen LogP) is 3.79. The molecule has 0 aliphatic carbocycles. The molecule has 0 bridgehead atoms. The van der Waals surface area contributed by atoms with Crippen LogP contribution in [0.1, 0.15) is 37.2 Å². The van der Waals surface area contributed by atoms with E-state index in [2.05, 4.69) is 30.5 Å². The highest BCUT2D eigenvalue weighted by Gasteiger charge is 2.23. The summed E-state index contributed by atoms with van der Waals surface area (Å²) >= 11 is 0. The van der Waals surface area contributed by atoms with E-state index in [0.29, 0.717) is 46.0 Å². The van der Waals surface area contributed by atoms with Crippen LogP contribution in [0.2, 0.25) is 0 Å². The van der Waals surface area contributed by atoms with Crippen molar-refractivity contribution in [2.24, 2.45) is 0 Å². The minimum absolute atomic E-state index is 0.0931. The Balaban J connectivity index is 1.61. The van der Waals surface area contributed by atoms with Gasteiger partial charge in [-0.3, -0.25) is 19.9 Å². The zero-order valence-corrected chi connectivity index (χ0v) is 20.2. The van der Waals surface area contributed by atoms with Crippen molar-refractivity contribution in [1.29, 1.82) is 5.41 Å². The minimum atomic E-state index is -0.0931. The van der Waals surface area contributed by atoms with Crippen LogP contribution in [-0.2, 0) is 4.79 Å². The van der Waals surface area contributed by atoms with Gasteiger partial charge in [0.1, 0.15) is 17.1 Å². The third-order valence-corrected chi connectivity index (χ3v) is 5.92. The van der Waals surface area contributed by atoms with Crippen molar-refractivity contribution in [2.75, 3.05) is 11.2 Å². The number of nitrogens with two attached hydrogens (primary N) is 1. The Bertz CT molecular complexity index is 1650. The second-order valence-electron chi connectivity index (χ2n) is 8.18. The summed E-state index contributed by atoms with van der Waals surface area (Å²) < 4.78 is 1.36. The molecule has 184 valence electrons. The summed E-state index contributed by atoms with van der Waals surface area (Å²) in [4.78, 5) is 29.5. The van der Waals surface area contributed by atoms with Crippen LogP contribution in [0.3, 0.4) is 0 Å². The molecule has 0 fully saturated rings. The van der Waals surface area contributed by atoms with Crippen molar-refractivity contribution in [3.8, 4) is 22.6 Å². The van der Waals surface area contributed by atoms with E-state index < -0.39 is 0 Å². The second kappa shape index (κ2) is 9.82. The molecule has 0 aliphatic rings. The normalized spacial score (nSPS) is 11.6. The number of fused-ring (bicyclic) bond motifs is 1. The number of hydrogen-bond donors (Lipinski definition) is 4. The van der Waals surface area contributed by atoms with Crippen molar-refractivity contribution in [2.45, 2.75) is 20.3 Å². The molecule has 5 heterocycles. The number of nitrogens with zero attached hydrogens (tertiary/aromatic N) is 6. The third-order valence-electron chi connectivity index (χ3n) is 5.92. The number of carbonyl (C=O) groups excluding carboxylic acids is 1. The van der Waals surface area contributed by atoms with Gasteiger partial charge in [-0.25, -0.2) is 14.6 Å². The first-order valence-corrected chi connectivity index (χ1v) is 11.6. The van der Waals surface area contributed by atoms with Gasteiger partial charge in [0.2, 0.25) is 5.91 Å². The molecule has 5 N–H and O–H groups in total. The van der Waals surface area contributed by atoms with Gasteiger partial charge in [-0.1, -0.05) is 13.0 Å². The lowest BCUT2D eigenvalue weighted by Crippen LogP contribution is -2.14. The van der Waals surface area contributed by atoms with Crippen LogP contribution < -0.4 is 11.2 Å². The molecule has 0 saturated heterocycles. The smallest absolute Gasteiger partial charge is 0.224 e. The molecule has 0 radical (unpaired) electrons. The Morgan fingerprint density at radius 1 is 1.16 bits per heavy atom. The first-order chi connectivity index (χ1) is 18.0. The number of anilines is 1. The van der Waals surface area contributed by atoms with E-state index >= 15 is 0 Å². The number of nitrogens with one attached hydrogen (secondary N) is 3. The summed E-state index contributed by atoms with van der Waals surface area (Å²) in [6.07, 6.45) is 11.9. The van der Waals surface area contributed by atoms with E-state index in [-0.39, 0.29) is 5.91 Å². The van der Waals surface area contributed by atoms with Gasteiger partial charge in [-0.2, -0.15) is 5.10 Å². The maximum Gasteiger partial charge on any atom is 0.224 e. The van der Waals surface area contributed by atoms with Crippen LogP contribution >= 0.6 is 0 Å². The van der Waals surface area contributed by atoms with Gasteiger partial charge >= 0.3 is 0 Å². The van der Waals surface area contributed by atoms with E-state index in [1.54, 1.807) is 37.9 Å². The van der Waals surface area contributed by atoms with Gasteiger partial charge in [0, 0.05) is 54.1 Å². The first-order valence-electron chi connectivity index (χ1n) is 11.6. The topological polar surface area (TPSA) is 164 Å². The average molecular weight is 493 g/mol. The number of hydrogen-bond acceptors (Lipinski definition) is 8. The first kappa shape index (κ1) is 23.5. The molecule has 0 spiro atoms. The number of amides is 1. The number of imidazole rings is 1. The molecule has 0 unspecified atom stereocenters. The Labute approximate surface area is 212 Å². The fourth-order valence-corrected chi connectivity index (χ4v) is 4.07. The molecule has 5 aromatic heterocycles. The number of allylic oxidation sites excluding steroid dienone is 1. The molecule has 37 heavy (non-hydrogen) atoms. The Morgan fingerprint density at radius 3 is 2.68 bits per heavy atom. The maximum absolute atomic E-state index is 11.8. The molecular weight excluding hydrogens is 468 g/mol. The largest absolute Gasteiger partial charge is 0.337 e. The van der Waals surface area contributed by atoms with Gasteiger partial charge in [0.15, 0.2) is 11.5 Å². The molecule has 0 aromatic carbocycles. The lowest BCUT2D eigenvalue weighted by molar-refractivity contribution is -0.115. The SMILES string of the molecule is C/C=C(/c1ccncc1)c1nc(-c2n[nH]c3ncc(-c4cncc(NC(=O)CC)c4)cc23)n(N)c1C=N. The molecule has 5 aromatic rings. The average Bonchev–Trinajstić information content (AvgIpc) is 3.49. The number of nitrogen functional groups attached to an aromatic ring is 1. The van der Waals surface area contributed by atoms with Crippen LogP contribution in [-0.4, -0.2) is 46.9 Å². The lowest BCUT2D eigenvalue weighted by atomic mass is 10.0. The highest BCUT2D eigenvalue weighted by molar-refractivity contribution is 5.95. The van der Waals surface area contributed by atoms with Crippen LogP contribution in [0.15, 0.2) is 61.3 Å². The van der Waals surface area contributed by atoms with Crippen molar-refractivity contribution in [3.63, 3.8) is 0 Å². The number of aromatic amines is 1. The molecular formula is C26H24N10O. The lowest BCUT2D eigenvalue weighted by Gasteiger charge is -2.06. The summed E-state index contributed by atoms with van der Waals surface area (Å²) in [5.41, 5.74) is 5.94. The molecule has 1 amide bonds. The summed E-state index contributed by atoms with van der Waals surface area (Å²) in [6.45, 7) is 3.70. The van der Waals surface area contributed by atoms with E-state index in [0.717, 1.165) is 22.3 Å². The molecule has 0 saturated carbocycles. The zero-order chi connectivity index (χ0) is 25.9. The van der Waals surface area contributed by atoms with Gasteiger partial charge in [0.05, 0.1) is 17.3 Å². The van der Waals surface area contributed by atoms with Crippen LogP contribution in [0.25, 0.3) is 39.3 Å². The van der Waals surface area contributed by atoms with Gasteiger partial charge in [-0.05, 0) is 36.8 Å². The van der Waals surface area contributed by atoms with Crippen LogP contribution in [0.5, 0.6) is 0 Å². The maximum atomic E-state index is 11.8. The van der Waals surface area contributed by atoms with Crippen molar-refractivity contribution in [1.82, 2.24) is 34.8 Å². The monoisotopic (exact) mass is 492 g/mol. The van der Waals surface area contributed by atoms with Gasteiger partial charge < -0.3 is 16.6 Å². The van der Waals surface area contributed by atoms with Crippen LogP contribution in [0.4, 0.5) is 5.69 Å². The molecule has 0 aliphatic heterocycles. The van der Waals surface area contributed by atoms with Gasteiger partial charge in [-0.15, -0.1) is 0 Å². The summed E-state index contributed by atoms with van der Waals surface area (Å²) in [7, 11) is 0. The third kappa shape index (κ3) is 4.33. The summed E-state index contributed by atoms with van der Waals surface area (Å²) in [5, 5.41) is 18.9. The van der Waals surface area contributed by atoms with E-state index in [1.165, 1.54) is 10.9 Å². The number of carbonyl (C=O) groups is 1. The Kier molecular flexibility index (Phi) is 6.25. The van der Waals surface area contributed by atoms with Crippen molar-refractivity contribution >= 4 is 34.4 Å². The predicted molar refractivity (Wildman–Crippen MR) is 142 cm³/mol. The zero-order valence-electron chi connectivity index (χ0n) is 20.2. The molecule has 0 atom stereocenters. The quantitative estimate of drug-likeness (QED) is 0.198. The van der Waals surface area contributed by atoms with Crippen molar-refractivity contribution < 1.29 is 4.79 Å². The Hall–Kier alpha value is -5.19. The van der Waals surface area contributed by atoms with Gasteiger partial charge in [0.25, 0.3) is 0 Å². The van der Waals surface area contributed by atoms with E-state index in [4.69, 9.17) is 16.2 Å². The van der Waals surface area contributed by atoms with E-state index in [1.807, 2.05) is 37.3 Å².